The van der Waals surface area contributed by atoms with Gasteiger partial charge < -0.3 is 5.73 Å². The van der Waals surface area contributed by atoms with Gasteiger partial charge in [0.2, 0.25) is 0 Å². The lowest BCUT2D eigenvalue weighted by Crippen LogP contribution is -2.48. The van der Waals surface area contributed by atoms with Gasteiger partial charge in [0.1, 0.15) is 0 Å². The van der Waals surface area contributed by atoms with Crippen molar-refractivity contribution in [1.29, 1.82) is 0 Å². The third-order valence-corrected chi connectivity index (χ3v) is 4.12. The Hall–Kier alpha value is -0.0800. The van der Waals surface area contributed by atoms with E-state index in [9.17, 15) is 0 Å². The fourth-order valence-electron chi connectivity index (χ4n) is 2.98. The minimum absolute atomic E-state index is 0.371. The van der Waals surface area contributed by atoms with Crippen LogP contribution in [0.3, 0.4) is 0 Å². The first-order valence-corrected chi connectivity index (χ1v) is 6.20. The molecule has 0 aromatic rings. The summed E-state index contributed by atoms with van der Waals surface area (Å²) in [5.74, 6) is 0.622. The minimum Gasteiger partial charge on any atom is -0.326 e. The number of nitrogens with zero attached hydrogens (tertiary/aromatic N) is 1. The van der Waals surface area contributed by atoms with Crippen LogP contribution in [-0.2, 0) is 0 Å². The molecule has 0 saturated carbocycles. The molecule has 2 N–H and O–H groups in total. The summed E-state index contributed by atoms with van der Waals surface area (Å²) >= 11 is 0. The maximum atomic E-state index is 6.16. The summed E-state index contributed by atoms with van der Waals surface area (Å²) in [6.45, 7) is 5.60. The smallest absolute Gasteiger partial charge is 0.0191 e. The molecule has 2 aliphatic rings. The predicted molar refractivity (Wildman–Crippen MR) is 60.2 cm³/mol. The molecule has 2 fully saturated rings. The zero-order valence-electron chi connectivity index (χ0n) is 9.58. The first-order chi connectivity index (χ1) is 6.68. The molecule has 82 valence electrons. The predicted octanol–water partition coefficient (Wildman–Crippen LogP) is 1.99. The molecule has 0 spiro atoms. The molecule has 2 heterocycles. The second kappa shape index (κ2) is 4.19. The van der Waals surface area contributed by atoms with Gasteiger partial charge >= 0.3 is 0 Å². The normalized spacial score (nSPS) is 35.1. The van der Waals surface area contributed by atoms with Crippen molar-refractivity contribution in [3.8, 4) is 0 Å². The van der Waals surface area contributed by atoms with Gasteiger partial charge in [0.15, 0.2) is 0 Å². The third kappa shape index (κ3) is 1.96. The molecule has 2 rings (SSSR count). The summed E-state index contributed by atoms with van der Waals surface area (Å²) in [5, 5.41) is 0. The summed E-state index contributed by atoms with van der Waals surface area (Å²) in [4.78, 5) is 2.70. The lowest BCUT2D eigenvalue weighted by Gasteiger charge is -2.37. The SMILES string of the molecule is CC(C)[C@@H](N)CN1C2CCCC1CC2. The lowest BCUT2D eigenvalue weighted by atomic mass is 9.99. The molecule has 3 atom stereocenters. The van der Waals surface area contributed by atoms with E-state index in [2.05, 4.69) is 18.7 Å². The van der Waals surface area contributed by atoms with Crippen molar-refractivity contribution in [2.45, 2.75) is 64.1 Å². The van der Waals surface area contributed by atoms with Crippen LogP contribution in [0.5, 0.6) is 0 Å². The highest BCUT2D eigenvalue weighted by atomic mass is 15.2. The van der Waals surface area contributed by atoms with Crippen molar-refractivity contribution in [1.82, 2.24) is 4.90 Å². The maximum absolute atomic E-state index is 6.16. The van der Waals surface area contributed by atoms with Gasteiger partial charge in [-0.05, 0) is 31.6 Å². The standard InChI is InChI=1S/C12H24N2/c1-9(2)12(13)8-14-10-4-3-5-11(14)7-6-10/h9-12H,3-8,13H2,1-2H3/t10?,11?,12-/m0/s1. The molecule has 2 bridgehead atoms. The van der Waals surface area contributed by atoms with E-state index in [1.54, 1.807) is 0 Å². The van der Waals surface area contributed by atoms with Crippen molar-refractivity contribution < 1.29 is 0 Å². The summed E-state index contributed by atoms with van der Waals surface area (Å²) in [6.07, 6.45) is 7.14. The molecule has 0 radical (unpaired) electrons. The minimum atomic E-state index is 0.371. The Morgan fingerprint density at radius 2 is 1.71 bits per heavy atom. The van der Waals surface area contributed by atoms with Crippen molar-refractivity contribution >= 4 is 0 Å². The Labute approximate surface area is 87.8 Å². The van der Waals surface area contributed by atoms with E-state index in [-0.39, 0.29) is 0 Å². The average molecular weight is 196 g/mol. The van der Waals surface area contributed by atoms with E-state index < -0.39 is 0 Å². The molecule has 2 unspecified atom stereocenters. The topological polar surface area (TPSA) is 29.3 Å². The quantitative estimate of drug-likeness (QED) is 0.748. The first kappa shape index (κ1) is 10.4. The van der Waals surface area contributed by atoms with Crippen molar-refractivity contribution in [2.24, 2.45) is 11.7 Å². The van der Waals surface area contributed by atoms with Gasteiger partial charge in [-0.25, -0.2) is 0 Å². The Kier molecular flexibility index (Phi) is 3.13. The highest BCUT2D eigenvalue weighted by Gasteiger charge is 2.36. The van der Waals surface area contributed by atoms with Gasteiger partial charge in [0.25, 0.3) is 0 Å². The van der Waals surface area contributed by atoms with Gasteiger partial charge in [-0.15, -0.1) is 0 Å². The lowest BCUT2D eigenvalue weighted by molar-refractivity contribution is 0.124. The summed E-state index contributed by atoms with van der Waals surface area (Å²) in [5.41, 5.74) is 6.16. The van der Waals surface area contributed by atoms with Crippen LogP contribution in [-0.4, -0.2) is 29.6 Å². The molecular formula is C12H24N2. The average Bonchev–Trinajstić information content (AvgIpc) is 2.38. The second-order valence-corrected chi connectivity index (χ2v) is 5.42. The van der Waals surface area contributed by atoms with Crippen molar-refractivity contribution in [3.05, 3.63) is 0 Å². The van der Waals surface area contributed by atoms with Crippen LogP contribution in [0.15, 0.2) is 0 Å². The van der Waals surface area contributed by atoms with E-state index in [0.29, 0.717) is 12.0 Å². The van der Waals surface area contributed by atoms with Gasteiger partial charge in [-0.1, -0.05) is 20.3 Å². The Morgan fingerprint density at radius 1 is 1.14 bits per heavy atom. The van der Waals surface area contributed by atoms with Crippen LogP contribution in [0, 0.1) is 5.92 Å². The van der Waals surface area contributed by atoms with Gasteiger partial charge in [-0.3, -0.25) is 4.90 Å². The summed E-state index contributed by atoms with van der Waals surface area (Å²) < 4.78 is 0. The zero-order chi connectivity index (χ0) is 10.1. The van der Waals surface area contributed by atoms with Gasteiger partial charge in [-0.2, -0.15) is 0 Å². The van der Waals surface area contributed by atoms with E-state index in [1.807, 2.05) is 0 Å². The Balaban J connectivity index is 1.91. The summed E-state index contributed by atoms with van der Waals surface area (Å²) in [7, 11) is 0. The molecule has 0 aromatic carbocycles. The number of hydrogen-bond acceptors (Lipinski definition) is 2. The monoisotopic (exact) mass is 196 g/mol. The number of nitrogens with two attached hydrogens (primary N) is 1. The molecule has 2 heteroatoms. The number of piperidine rings is 1. The summed E-state index contributed by atoms with van der Waals surface area (Å²) in [6, 6.07) is 2.12. The van der Waals surface area contributed by atoms with Crippen LogP contribution in [0.4, 0.5) is 0 Å². The first-order valence-electron chi connectivity index (χ1n) is 6.20. The fourth-order valence-corrected chi connectivity index (χ4v) is 2.98. The fraction of sp³-hybridized carbons (Fsp3) is 1.00. The Morgan fingerprint density at radius 3 is 2.21 bits per heavy atom. The Bertz CT molecular complexity index is 175. The number of fused-ring (bicyclic) bond motifs is 2. The highest BCUT2D eigenvalue weighted by Crippen LogP contribution is 2.35. The molecular weight excluding hydrogens is 172 g/mol. The van der Waals surface area contributed by atoms with Crippen LogP contribution in [0.25, 0.3) is 0 Å². The molecule has 2 aliphatic heterocycles. The molecule has 2 saturated heterocycles. The van der Waals surface area contributed by atoms with Crippen molar-refractivity contribution in [2.75, 3.05) is 6.54 Å². The maximum Gasteiger partial charge on any atom is 0.0191 e. The third-order valence-electron chi connectivity index (χ3n) is 4.12. The molecule has 0 aliphatic carbocycles. The van der Waals surface area contributed by atoms with Crippen LogP contribution in [0.2, 0.25) is 0 Å². The van der Waals surface area contributed by atoms with Crippen LogP contribution < -0.4 is 5.73 Å². The van der Waals surface area contributed by atoms with E-state index in [1.165, 1.54) is 32.1 Å². The molecule has 0 amide bonds. The highest BCUT2D eigenvalue weighted by molar-refractivity contribution is 4.93. The molecule has 0 aromatic heterocycles. The van der Waals surface area contributed by atoms with Gasteiger partial charge in [0, 0.05) is 24.7 Å². The van der Waals surface area contributed by atoms with Crippen LogP contribution >= 0.6 is 0 Å². The van der Waals surface area contributed by atoms with E-state index in [0.717, 1.165) is 18.6 Å². The second-order valence-electron chi connectivity index (χ2n) is 5.42. The largest absolute Gasteiger partial charge is 0.326 e. The van der Waals surface area contributed by atoms with Crippen LogP contribution in [0.1, 0.15) is 46.0 Å². The zero-order valence-corrected chi connectivity index (χ0v) is 9.58. The number of hydrogen-bond donors (Lipinski definition) is 1. The number of rotatable bonds is 3. The molecule has 14 heavy (non-hydrogen) atoms. The van der Waals surface area contributed by atoms with E-state index >= 15 is 0 Å². The molecule has 2 nitrogen and oxygen atoms in total. The van der Waals surface area contributed by atoms with Crippen molar-refractivity contribution in [3.63, 3.8) is 0 Å². The van der Waals surface area contributed by atoms with Gasteiger partial charge in [0.05, 0.1) is 0 Å². The van der Waals surface area contributed by atoms with E-state index in [4.69, 9.17) is 5.73 Å².